The third-order valence-electron chi connectivity index (χ3n) is 3.04. The van der Waals surface area contributed by atoms with Crippen molar-refractivity contribution in [2.45, 2.75) is 0 Å². The number of halogens is 1. The molecule has 2 N–H and O–H groups in total. The van der Waals surface area contributed by atoms with Crippen LogP contribution in [-0.4, -0.2) is 28.2 Å². The van der Waals surface area contributed by atoms with Gasteiger partial charge >= 0.3 is 0 Å². The van der Waals surface area contributed by atoms with Crippen LogP contribution in [0.3, 0.4) is 0 Å². The fraction of sp³-hybridized carbons (Fsp3) is 0.125. The number of para-hydroxylation sites is 1. The van der Waals surface area contributed by atoms with Gasteiger partial charge < -0.3 is 22.8 Å². The quantitative estimate of drug-likeness (QED) is 0.695. The van der Waals surface area contributed by atoms with E-state index in [1.54, 1.807) is 0 Å². The highest BCUT2D eigenvalue weighted by Crippen LogP contribution is 2.24. The molecule has 0 bridgehead atoms. The summed E-state index contributed by atoms with van der Waals surface area (Å²) in [5.74, 6) is 1.44. The number of aromatic nitrogens is 2. The van der Waals surface area contributed by atoms with Gasteiger partial charge in [-0.2, -0.15) is 0 Å². The van der Waals surface area contributed by atoms with Gasteiger partial charge in [-0.15, -0.1) is 0 Å². The molecule has 3 rings (SSSR count). The van der Waals surface area contributed by atoms with Crippen molar-refractivity contribution in [3.63, 3.8) is 0 Å². The van der Waals surface area contributed by atoms with Crippen LogP contribution >= 0.6 is 0 Å². The van der Waals surface area contributed by atoms with Gasteiger partial charge in [0, 0.05) is 17.5 Å². The van der Waals surface area contributed by atoms with E-state index in [4.69, 9.17) is 5.11 Å². The summed E-state index contributed by atoms with van der Waals surface area (Å²) < 4.78 is 0. The van der Waals surface area contributed by atoms with Crippen LogP contribution in [0.5, 0.6) is 0 Å². The van der Waals surface area contributed by atoms with Crippen LogP contribution in [0.25, 0.3) is 22.3 Å². The molecule has 3 aromatic rings. The van der Waals surface area contributed by atoms with Gasteiger partial charge in [-0.3, -0.25) is 0 Å². The molecule has 21 heavy (non-hydrogen) atoms. The number of benzene rings is 2. The second-order valence-electron chi connectivity index (χ2n) is 4.43. The minimum atomic E-state index is 0. The van der Waals surface area contributed by atoms with Crippen LogP contribution in [0.15, 0.2) is 54.6 Å². The molecule has 4 nitrogen and oxygen atoms in total. The topological polar surface area (TPSA) is 58.0 Å². The third kappa shape index (κ3) is 3.29. The van der Waals surface area contributed by atoms with Crippen molar-refractivity contribution in [2.24, 2.45) is 0 Å². The van der Waals surface area contributed by atoms with Gasteiger partial charge in [0.2, 0.25) is 0 Å². The third-order valence-corrected chi connectivity index (χ3v) is 3.04. The highest BCUT2D eigenvalue weighted by molar-refractivity contribution is 5.90. The number of aliphatic hydroxyl groups excluding tert-OH is 1. The molecule has 1 heterocycles. The summed E-state index contributed by atoms with van der Waals surface area (Å²) in [6.07, 6.45) is 0. The molecule has 0 aliphatic carbocycles. The Labute approximate surface area is 129 Å². The molecule has 0 spiro atoms. The van der Waals surface area contributed by atoms with E-state index in [-0.39, 0.29) is 19.0 Å². The van der Waals surface area contributed by atoms with E-state index in [1.165, 1.54) is 0 Å². The minimum Gasteiger partial charge on any atom is -1.00 e. The maximum atomic E-state index is 8.98. The van der Waals surface area contributed by atoms with Crippen LogP contribution in [0.4, 0.5) is 5.82 Å². The second kappa shape index (κ2) is 7.02. The second-order valence-corrected chi connectivity index (χ2v) is 4.43. The highest BCUT2D eigenvalue weighted by atomic mass is 35.5. The van der Waals surface area contributed by atoms with Crippen molar-refractivity contribution in [1.82, 2.24) is 9.97 Å². The number of hydrogen-bond acceptors (Lipinski definition) is 4. The first-order valence-electron chi connectivity index (χ1n) is 6.55. The summed E-state index contributed by atoms with van der Waals surface area (Å²) >= 11 is 0. The number of hydrogen-bond donors (Lipinski definition) is 2. The molecular weight excluding hydrogens is 286 g/mol. The lowest BCUT2D eigenvalue weighted by molar-refractivity contribution is -0.00000511. The lowest BCUT2D eigenvalue weighted by Crippen LogP contribution is -3.00. The first-order valence-corrected chi connectivity index (χ1v) is 6.55. The van der Waals surface area contributed by atoms with E-state index in [0.29, 0.717) is 12.4 Å². The summed E-state index contributed by atoms with van der Waals surface area (Å²) in [5.41, 5.74) is 1.87. The van der Waals surface area contributed by atoms with Gasteiger partial charge in [-0.1, -0.05) is 42.5 Å². The Morgan fingerprint density at radius 1 is 0.905 bits per heavy atom. The van der Waals surface area contributed by atoms with E-state index in [1.807, 2.05) is 54.6 Å². The Hall–Kier alpha value is -2.17. The Balaban J connectivity index is 0.00000161. The number of aliphatic hydroxyl groups is 1. The van der Waals surface area contributed by atoms with Gasteiger partial charge in [0.1, 0.15) is 5.82 Å². The van der Waals surface area contributed by atoms with Crippen molar-refractivity contribution in [2.75, 3.05) is 18.5 Å². The molecule has 0 atom stereocenters. The highest BCUT2D eigenvalue weighted by Gasteiger charge is 2.08. The predicted molar refractivity (Wildman–Crippen MR) is 80.5 cm³/mol. The molecule has 2 aromatic carbocycles. The van der Waals surface area contributed by atoms with E-state index >= 15 is 0 Å². The monoisotopic (exact) mass is 300 g/mol. The van der Waals surface area contributed by atoms with Crippen LogP contribution in [0.2, 0.25) is 0 Å². The maximum Gasteiger partial charge on any atom is 0.162 e. The molecule has 5 heteroatoms. The lowest BCUT2D eigenvalue weighted by Gasteiger charge is -2.10. The van der Waals surface area contributed by atoms with E-state index < -0.39 is 0 Å². The Morgan fingerprint density at radius 2 is 1.62 bits per heavy atom. The zero-order chi connectivity index (χ0) is 13.8. The van der Waals surface area contributed by atoms with E-state index in [9.17, 15) is 0 Å². The van der Waals surface area contributed by atoms with Crippen molar-refractivity contribution in [3.05, 3.63) is 54.6 Å². The molecule has 0 fully saturated rings. The number of anilines is 1. The van der Waals surface area contributed by atoms with Crippen molar-refractivity contribution >= 4 is 16.7 Å². The fourth-order valence-corrected chi connectivity index (χ4v) is 2.10. The van der Waals surface area contributed by atoms with Crippen molar-refractivity contribution in [1.29, 1.82) is 0 Å². The molecule has 0 unspecified atom stereocenters. The molecule has 0 saturated carbocycles. The van der Waals surface area contributed by atoms with Crippen LogP contribution in [-0.2, 0) is 0 Å². The standard InChI is InChI=1S/C16H15N3O.ClH/c20-11-10-17-16-13-8-4-5-9-14(13)18-15(19-16)12-6-2-1-3-7-12;/h1-9,20H,10-11H2,(H,17,18,19);1H/p-1. The molecule has 0 aliphatic heterocycles. The van der Waals surface area contributed by atoms with Crippen molar-refractivity contribution in [3.8, 4) is 11.4 Å². The molecule has 108 valence electrons. The first-order chi connectivity index (χ1) is 9.88. The van der Waals surface area contributed by atoms with Gasteiger partial charge in [0.25, 0.3) is 0 Å². The largest absolute Gasteiger partial charge is 1.00 e. The molecule has 0 aliphatic rings. The van der Waals surface area contributed by atoms with Crippen molar-refractivity contribution < 1.29 is 17.5 Å². The zero-order valence-electron chi connectivity index (χ0n) is 11.3. The predicted octanol–water partition coefficient (Wildman–Crippen LogP) is -0.295. The van der Waals surface area contributed by atoms with Gasteiger partial charge in [-0.25, -0.2) is 9.97 Å². The smallest absolute Gasteiger partial charge is 0.162 e. The Kier molecular flexibility index (Phi) is 5.09. The SMILES string of the molecule is OCCNc1nc(-c2ccccc2)nc2ccccc12.[Cl-]. The number of nitrogens with one attached hydrogen (secondary N) is 1. The normalized spacial score (nSPS) is 10.1. The lowest BCUT2D eigenvalue weighted by atomic mass is 10.2. The van der Waals surface area contributed by atoms with Crippen LogP contribution < -0.4 is 17.7 Å². The minimum absolute atomic E-state index is 0. The van der Waals surface area contributed by atoms with Gasteiger partial charge in [0.05, 0.1) is 12.1 Å². The molecular formula is C16H15ClN3O-. The fourth-order valence-electron chi connectivity index (χ4n) is 2.10. The summed E-state index contributed by atoms with van der Waals surface area (Å²) in [4.78, 5) is 9.18. The maximum absolute atomic E-state index is 8.98. The van der Waals surface area contributed by atoms with E-state index in [0.717, 1.165) is 22.3 Å². The summed E-state index contributed by atoms with van der Waals surface area (Å²) in [5, 5.41) is 13.1. The van der Waals surface area contributed by atoms with Crippen LogP contribution in [0, 0.1) is 0 Å². The molecule has 0 radical (unpaired) electrons. The number of fused-ring (bicyclic) bond motifs is 1. The number of rotatable bonds is 4. The molecule has 0 saturated heterocycles. The summed E-state index contributed by atoms with van der Waals surface area (Å²) in [6, 6.07) is 17.7. The van der Waals surface area contributed by atoms with Gasteiger partial charge in [-0.05, 0) is 12.1 Å². The zero-order valence-corrected chi connectivity index (χ0v) is 12.1. The molecule has 1 aromatic heterocycles. The molecule has 0 amide bonds. The summed E-state index contributed by atoms with van der Waals surface area (Å²) in [6.45, 7) is 0.536. The average Bonchev–Trinajstić information content (AvgIpc) is 2.53. The Bertz CT molecular complexity index is 719. The van der Waals surface area contributed by atoms with Gasteiger partial charge in [0.15, 0.2) is 5.82 Å². The van der Waals surface area contributed by atoms with Crippen LogP contribution in [0.1, 0.15) is 0 Å². The first kappa shape index (κ1) is 15.2. The Morgan fingerprint density at radius 3 is 2.38 bits per heavy atom. The van der Waals surface area contributed by atoms with E-state index in [2.05, 4.69) is 15.3 Å². The summed E-state index contributed by atoms with van der Waals surface area (Å²) in [7, 11) is 0. The number of nitrogens with zero attached hydrogens (tertiary/aromatic N) is 2. The average molecular weight is 301 g/mol.